The molecule has 0 aliphatic carbocycles. The Hall–Kier alpha value is -0.280. The van der Waals surface area contributed by atoms with Gasteiger partial charge in [0.25, 0.3) is 0 Å². The van der Waals surface area contributed by atoms with Crippen molar-refractivity contribution in [2.24, 2.45) is 0 Å². The molecule has 1 saturated heterocycles. The fraction of sp³-hybridized carbons (Fsp3) is 0.600. The van der Waals surface area contributed by atoms with Crippen LogP contribution >= 0.6 is 23.2 Å². The molecule has 1 aromatic carbocycles. The van der Waals surface area contributed by atoms with E-state index in [0.717, 1.165) is 19.4 Å². The van der Waals surface area contributed by atoms with Gasteiger partial charge in [-0.15, -0.1) is 0 Å². The highest BCUT2D eigenvalue weighted by Gasteiger charge is 2.29. The maximum atomic E-state index is 6.07. The molecule has 0 aromatic heterocycles. The van der Waals surface area contributed by atoms with Gasteiger partial charge in [0.05, 0.1) is 15.6 Å². The van der Waals surface area contributed by atoms with E-state index >= 15 is 0 Å². The lowest BCUT2D eigenvalue weighted by atomic mass is 9.93. The summed E-state index contributed by atoms with van der Waals surface area (Å²) in [5.74, 6) is 0. The molecule has 1 aromatic rings. The van der Waals surface area contributed by atoms with Gasteiger partial charge in [0.1, 0.15) is 0 Å². The minimum atomic E-state index is -0.0344. The van der Waals surface area contributed by atoms with Crippen molar-refractivity contribution in [1.82, 2.24) is 5.32 Å². The van der Waals surface area contributed by atoms with E-state index in [4.69, 9.17) is 27.9 Å². The van der Waals surface area contributed by atoms with Gasteiger partial charge in [-0.3, -0.25) is 0 Å². The second-order valence-corrected chi connectivity index (χ2v) is 6.67. The Morgan fingerprint density at radius 3 is 2.68 bits per heavy atom. The average Bonchev–Trinajstić information content (AvgIpc) is 2.31. The summed E-state index contributed by atoms with van der Waals surface area (Å²) in [6.07, 6.45) is 2.08. The maximum Gasteiger partial charge on any atom is 0.0641 e. The van der Waals surface area contributed by atoms with Crippen molar-refractivity contribution in [1.29, 1.82) is 0 Å². The van der Waals surface area contributed by atoms with Crippen molar-refractivity contribution in [3.63, 3.8) is 0 Å². The van der Waals surface area contributed by atoms with E-state index in [1.54, 1.807) is 0 Å². The first-order valence-corrected chi connectivity index (χ1v) is 7.48. The van der Waals surface area contributed by atoms with Gasteiger partial charge in [0.15, 0.2) is 0 Å². The van der Waals surface area contributed by atoms with Crippen molar-refractivity contribution in [3.05, 3.63) is 33.8 Å². The van der Waals surface area contributed by atoms with Crippen LogP contribution in [0.5, 0.6) is 0 Å². The molecule has 1 N–H and O–H groups in total. The van der Waals surface area contributed by atoms with Crippen LogP contribution in [-0.2, 0) is 4.74 Å². The Bertz CT molecular complexity index is 448. The zero-order valence-electron chi connectivity index (χ0n) is 11.7. The van der Waals surface area contributed by atoms with Gasteiger partial charge < -0.3 is 10.1 Å². The highest BCUT2D eigenvalue weighted by molar-refractivity contribution is 6.42. The molecular weight excluding hydrogens is 281 g/mol. The van der Waals surface area contributed by atoms with Crippen molar-refractivity contribution < 1.29 is 4.74 Å². The number of ether oxygens (including phenoxy) is 1. The zero-order valence-corrected chi connectivity index (χ0v) is 13.2. The minimum absolute atomic E-state index is 0.0344. The average molecular weight is 302 g/mol. The van der Waals surface area contributed by atoms with E-state index in [1.807, 2.05) is 18.2 Å². The molecule has 1 fully saturated rings. The van der Waals surface area contributed by atoms with Crippen LogP contribution in [0.4, 0.5) is 0 Å². The summed E-state index contributed by atoms with van der Waals surface area (Å²) in [5.41, 5.74) is 1.13. The van der Waals surface area contributed by atoms with Crippen LogP contribution in [0.1, 0.15) is 45.2 Å². The Morgan fingerprint density at radius 2 is 2.05 bits per heavy atom. The molecule has 1 aliphatic rings. The molecule has 0 saturated carbocycles. The summed E-state index contributed by atoms with van der Waals surface area (Å²) >= 11 is 12.0. The van der Waals surface area contributed by atoms with E-state index < -0.39 is 0 Å². The SMILES string of the molecule is CC(NC1CCOC(C)(C)C1)c1ccc(Cl)c(Cl)c1. The highest BCUT2D eigenvalue weighted by atomic mass is 35.5. The van der Waals surface area contributed by atoms with E-state index in [-0.39, 0.29) is 11.6 Å². The quantitative estimate of drug-likeness (QED) is 0.881. The Morgan fingerprint density at radius 1 is 1.32 bits per heavy atom. The molecule has 0 bridgehead atoms. The smallest absolute Gasteiger partial charge is 0.0641 e. The second kappa shape index (κ2) is 6.01. The number of rotatable bonds is 3. The molecule has 2 rings (SSSR count). The third kappa shape index (κ3) is 4.09. The highest BCUT2D eigenvalue weighted by Crippen LogP contribution is 2.28. The summed E-state index contributed by atoms with van der Waals surface area (Å²) in [6.45, 7) is 7.26. The first-order chi connectivity index (χ1) is 8.87. The lowest BCUT2D eigenvalue weighted by Gasteiger charge is -2.37. The van der Waals surface area contributed by atoms with Crippen molar-refractivity contribution >= 4 is 23.2 Å². The molecule has 0 radical (unpaired) electrons. The number of hydrogen-bond donors (Lipinski definition) is 1. The number of halogens is 2. The summed E-state index contributed by atoms with van der Waals surface area (Å²) in [7, 11) is 0. The predicted octanol–water partition coefficient (Wildman–Crippen LogP) is 4.60. The van der Waals surface area contributed by atoms with Crippen LogP contribution in [0.3, 0.4) is 0 Å². The van der Waals surface area contributed by atoms with E-state index in [2.05, 4.69) is 26.1 Å². The third-order valence-electron chi connectivity index (χ3n) is 3.63. The minimum Gasteiger partial charge on any atom is -0.375 e. The monoisotopic (exact) mass is 301 g/mol. The van der Waals surface area contributed by atoms with Crippen LogP contribution in [0, 0.1) is 0 Å². The van der Waals surface area contributed by atoms with Gasteiger partial charge in [-0.05, 0) is 51.3 Å². The van der Waals surface area contributed by atoms with E-state index in [0.29, 0.717) is 16.1 Å². The predicted molar refractivity (Wildman–Crippen MR) is 81.1 cm³/mol. The fourth-order valence-corrected chi connectivity index (χ4v) is 2.91. The number of hydrogen-bond acceptors (Lipinski definition) is 2. The summed E-state index contributed by atoms with van der Waals surface area (Å²) in [4.78, 5) is 0. The Kier molecular flexibility index (Phi) is 4.78. The van der Waals surface area contributed by atoms with Crippen molar-refractivity contribution in [2.45, 2.75) is 51.3 Å². The van der Waals surface area contributed by atoms with Crippen molar-refractivity contribution in [3.8, 4) is 0 Å². The number of benzene rings is 1. The summed E-state index contributed by atoms with van der Waals surface area (Å²) in [5, 5.41) is 4.87. The molecule has 0 spiro atoms. The van der Waals surface area contributed by atoms with Crippen LogP contribution < -0.4 is 5.32 Å². The molecule has 19 heavy (non-hydrogen) atoms. The maximum absolute atomic E-state index is 6.07. The van der Waals surface area contributed by atoms with Crippen LogP contribution in [0.2, 0.25) is 10.0 Å². The molecule has 0 amide bonds. The third-order valence-corrected chi connectivity index (χ3v) is 4.37. The van der Waals surface area contributed by atoms with Gasteiger partial charge in [-0.1, -0.05) is 29.3 Å². The molecule has 4 heteroatoms. The zero-order chi connectivity index (χ0) is 14.0. The molecule has 1 aliphatic heterocycles. The normalized spacial score (nSPS) is 24.2. The molecular formula is C15H21Cl2NO. The molecule has 2 unspecified atom stereocenters. The van der Waals surface area contributed by atoms with Gasteiger partial charge in [-0.2, -0.15) is 0 Å². The molecule has 2 nitrogen and oxygen atoms in total. The Balaban J connectivity index is 2.00. The number of nitrogens with one attached hydrogen (secondary N) is 1. The first-order valence-electron chi connectivity index (χ1n) is 6.72. The summed E-state index contributed by atoms with van der Waals surface area (Å²) in [6, 6.07) is 6.55. The van der Waals surface area contributed by atoms with Gasteiger partial charge >= 0.3 is 0 Å². The van der Waals surface area contributed by atoms with Gasteiger partial charge in [0.2, 0.25) is 0 Å². The van der Waals surface area contributed by atoms with E-state index in [9.17, 15) is 0 Å². The van der Waals surface area contributed by atoms with Gasteiger partial charge in [-0.25, -0.2) is 0 Å². The topological polar surface area (TPSA) is 21.3 Å². The Labute approximate surface area is 125 Å². The molecule has 106 valence electrons. The lowest BCUT2D eigenvalue weighted by molar-refractivity contribution is -0.0639. The second-order valence-electron chi connectivity index (χ2n) is 5.86. The van der Waals surface area contributed by atoms with Gasteiger partial charge in [0, 0.05) is 18.7 Å². The van der Waals surface area contributed by atoms with Crippen LogP contribution in [-0.4, -0.2) is 18.2 Å². The largest absolute Gasteiger partial charge is 0.375 e. The van der Waals surface area contributed by atoms with Crippen molar-refractivity contribution in [2.75, 3.05) is 6.61 Å². The van der Waals surface area contributed by atoms with Crippen LogP contribution in [0.15, 0.2) is 18.2 Å². The van der Waals surface area contributed by atoms with Crippen LogP contribution in [0.25, 0.3) is 0 Å². The standard InChI is InChI=1S/C15H21Cl2NO/c1-10(11-4-5-13(16)14(17)8-11)18-12-6-7-19-15(2,3)9-12/h4-5,8,10,12,18H,6-7,9H2,1-3H3. The first kappa shape index (κ1) is 15.1. The molecule has 1 heterocycles. The van der Waals surface area contributed by atoms with E-state index in [1.165, 1.54) is 5.56 Å². The summed E-state index contributed by atoms with van der Waals surface area (Å²) < 4.78 is 5.74. The lowest BCUT2D eigenvalue weighted by Crippen LogP contribution is -2.44. The fourth-order valence-electron chi connectivity index (χ4n) is 2.61. The molecule has 2 atom stereocenters.